The van der Waals surface area contributed by atoms with Gasteiger partial charge in [0, 0.05) is 6.42 Å². The summed E-state index contributed by atoms with van der Waals surface area (Å²) >= 11 is 0. The van der Waals surface area contributed by atoms with E-state index in [1.165, 1.54) is 0 Å². The molecule has 2 nitrogen and oxygen atoms in total. The number of nitrogens with two attached hydrogens (primary N) is 1. The van der Waals surface area contributed by atoms with Crippen molar-refractivity contribution in [3.8, 4) is 0 Å². The standard InChI is InChI=1S/C5H11N2/c1-7-3-2-5(6)4-7/h4-5H,2-3,6H2,1H3/q+1. The van der Waals surface area contributed by atoms with E-state index in [1.54, 1.807) is 0 Å². The van der Waals surface area contributed by atoms with Gasteiger partial charge < -0.3 is 5.73 Å². The normalized spacial score (nSPS) is 30.6. The van der Waals surface area contributed by atoms with E-state index in [0.29, 0.717) is 6.04 Å². The lowest BCUT2D eigenvalue weighted by Crippen LogP contribution is -2.17. The van der Waals surface area contributed by atoms with Crippen LogP contribution in [0.4, 0.5) is 0 Å². The van der Waals surface area contributed by atoms with Crippen molar-refractivity contribution in [2.75, 3.05) is 13.6 Å². The van der Waals surface area contributed by atoms with Gasteiger partial charge in [-0.3, -0.25) is 0 Å². The van der Waals surface area contributed by atoms with E-state index in [-0.39, 0.29) is 0 Å². The zero-order valence-electron chi connectivity index (χ0n) is 4.59. The van der Waals surface area contributed by atoms with Crippen molar-refractivity contribution in [3.05, 3.63) is 0 Å². The molecule has 0 amide bonds. The van der Waals surface area contributed by atoms with E-state index in [4.69, 9.17) is 5.73 Å². The van der Waals surface area contributed by atoms with E-state index in [0.717, 1.165) is 13.0 Å². The molecule has 1 aliphatic heterocycles. The summed E-state index contributed by atoms with van der Waals surface area (Å²) < 4.78 is 2.13. The lowest BCUT2D eigenvalue weighted by molar-refractivity contribution is -0.484. The van der Waals surface area contributed by atoms with E-state index in [2.05, 4.69) is 10.8 Å². The topological polar surface area (TPSA) is 29.0 Å². The van der Waals surface area contributed by atoms with Crippen LogP contribution in [0, 0.1) is 0 Å². The smallest absolute Gasteiger partial charge is 0.156 e. The predicted molar refractivity (Wildman–Crippen MR) is 29.7 cm³/mol. The quantitative estimate of drug-likeness (QED) is 0.405. The molecule has 0 fully saturated rings. The zero-order chi connectivity index (χ0) is 5.28. The van der Waals surface area contributed by atoms with E-state index >= 15 is 0 Å². The maximum Gasteiger partial charge on any atom is 0.156 e. The van der Waals surface area contributed by atoms with Gasteiger partial charge in [-0.1, -0.05) is 0 Å². The Kier molecular flexibility index (Phi) is 1.11. The minimum absolute atomic E-state index is 0.324. The van der Waals surface area contributed by atoms with Crippen molar-refractivity contribution >= 4 is 6.21 Å². The average molecular weight is 99.2 g/mol. The highest BCUT2D eigenvalue weighted by Crippen LogP contribution is 1.91. The fourth-order valence-electron chi connectivity index (χ4n) is 0.829. The molecule has 0 saturated heterocycles. The van der Waals surface area contributed by atoms with Crippen LogP contribution in [0.5, 0.6) is 0 Å². The van der Waals surface area contributed by atoms with Gasteiger partial charge in [0.15, 0.2) is 6.21 Å². The Balaban J connectivity index is 2.50. The van der Waals surface area contributed by atoms with Crippen LogP contribution in [0.15, 0.2) is 0 Å². The molecule has 1 unspecified atom stereocenters. The molecule has 40 valence electrons. The molecule has 0 radical (unpaired) electrons. The maximum absolute atomic E-state index is 5.53. The van der Waals surface area contributed by atoms with Gasteiger partial charge in [-0.25, -0.2) is 4.58 Å². The van der Waals surface area contributed by atoms with Crippen LogP contribution in [-0.4, -0.2) is 30.4 Å². The molecule has 0 aromatic heterocycles. The van der Waals surface area contributed by atoms with Gasteiger partial charge in [0.1, 0.15) is 13.6 Å². The molecule has 0 bridgehead atoms. The minimum Gasteiger partial charge on any atom is -0.319 e. The first-order chi connectivity index (χ1) is 3.29. The van der Waals surface area contributed by atoms with Crippen molar-refractivity contribution in [2.24, 2.45) is 5.73 Å². The number of rotatable bonds is 0. The maximum atomic E-state index is 5.53. The van der Waals surface area contributed by atoms with Crippen molar-refractivity contribution in [3.63, 3.8) is 0 Å². The lowest BCUT2D eigenvalue weighted by Gasteiger charge is -1.82. The summed E-state index contributed by atoms with van der Waals surface area (Å²) in [4.78, 5) is 0. The molecule has 1 aliphatic rings. The Hall–Kier alpha value is -0.370. The summed E-state index contributed by atoms with van der Waals surface area (Å²) in [6.45, 7) is 1.13. The van der Waals surface area contributed by atoms with E-state index in [9.17, 15) is 0 Å². The molecule has 0 aromatic rings. The van der Waals surface area contributed by atoms with Crippen molar-refractivity contribution in [2.45, 2.75) is 12.5 Å². The fourth-order valence-corrected chi connectivity index (χ4v) is 0.829. The number of nitrogens with zero attached hydrogens (tertiary/aromatic N) is 1. The van der Waals surface area contributed by atoms with Gasteiger partial charge in [-0.15, -0.1) is 0 Å². The Labute approximate surface area is 43.6 Å². The first-order valence-corrected chi connectivity index (χ1v) is 2.60. The fraction of sp³-hybridized carbons (Fsp3) is 0.800. The molecule has 0 aromatic carbocycles. The predicted octanol–water partition coefficient (Wildman–Crippen LogP) is -0.569. The Morgan fingerprint density at radius 3 is 2.71 bits per heavy atom. The van der Waals surface area contributed by atoms with Crippen LogP contribution >= 0.6 is 0 Å². The summed E-state index contributed by atoms with van der Waals surface area (Å²) in [5.74, 6) is 0. The monoisotopic (exact) mass is 99.1 g/mol. The molecule has 2 N–H and O–H groups in total. The summed E-state index contributed by atoms with van der Waals surface area (Å²) in [6.07, 6.45) is 3.18. The lowest BCUT2D eigenvalue weighted by atomic mass is 10.3. The molecule has 0 saturated carbocycles. The molecule has 1 atom stereocenters. The van der Waals surface area contributed by atoms with Crippen molar-refractivity contribution in [1.82, 2.24) is 0 Å². The van der Waals surface area contributed by atoms with Crippen LogP contribution in [0.2, 0.25) is 0 Å². The summed E-state index contributed by atoms with van der Waals surface area (Å²) in [7, 11) is 2.05. The van der Waals surface area contributed by atoms with Crippen LogP contribution in [0.1, 0.15) is 6.42 Å². The average Bonchev–Trinajstić information content (AvgIpc) is 1.87. The third kappa shape index (κ3) is 0.996. The minimum atomic E-state index is 0.324. The molecule has 0 spiro atoms. The highest BCUT2D eigenvalue weighted by Gasteiger charge is 2.13. The van der Waals surface area contributed by atoms with Crippen LogP contribution in [0.25, 0.3) is 0 Å². The molecule has 1 rings (SSSR count). The van der Waals surface area contributed by atoms with Gasteiger partial charge in [-0.05, 0) is 0 Å². The third-order valence-corrected chi connectivity index (χ3v) is 1.26. The molecule has 7 heavy (non-hydrogen) atoms. The Bertz CT molecular complexity index is 96.3. The van der Waals surface area contributed by atoms with E-state index in [1.807, 2.05) is 7.05 Å². The summed E-state index contributed by atoms with van der Waals surface area (Å²) in [5.41, 5.74) is 5.53. The summed E-state index contributed by atoms with van der Waals surface area (Å²) in [6, 6.07) is 0.324. The second-order valence-electron chi connectivity index (χ2n) is 2.08. The molecule has 0 aliphatic carbocycles. The highest BCUT2D eigenvalue weighted by atomic mass is 15.0. The Morgan fingerprint density at radius 2 is 2.57 bits per heavy atom. The number of hydrogen-bond donors (Lipinski definition) is 1. The van der Waals surface area contributed by atoms with Gasteiger partial charge in [0.25, 0.3) is 0 Å². The van der Waals surface area contributed by atoms with Crippen molar-refractivity contribution < 1.29 is 4.58 Å². The zero-order valence-corrected chi connectivity index (χ0v) is 4.59. The second-order valence-corrected chi connectivity index (χ2v) is 2.08. The summed E-state index contributed by atoms with van der Waals surface area (Å²) in [5, 5.41) is 0. The molecular formula is C5H11N2+. The van der Waals surface area contributed by atoms with Gasteiger partial charge >= 0.3 is 0 Å². The largest absolute Gasteiger partial charge is 0.319 e. The first-order valence-electron chi connectivity index (χ1n) is 2.60. The Morgan fingerprint density at radius 1 is 1.86 bits per heavy atom. The third-order valence-electron chi connectivity index (χ3n) is 1.26. The first kappa shape index (κ1) is 4.78. The number of hydrogen-bond acceptors (Lipinski definition) is 1. The van der Waals surface area contributed by atoms with Crippen LogP contribution < -0.4 is 5.73 Å². The van der Waals surface area contributed by atoms with Gasteiger partial charge in [0.2, 0.25) is 0 Å². The molecule has 1 heterocycles. The SMILES string of the molecule is C[N+]1=CC(N)CC1. The second kappa shape index (κ2) is 1.62. The van der Waals surface area contributed by atoms with E-state index < -0.39 is 0 Å². The van der Waals surface area contributed by atoms with Gasteiger partial charge in [-0.2, -0.15) is 0 Å². The highest BCUT2D eigenvalue weighted by molar-refractivity contribution is 5.59. The van der Waals surface area contributed by atoms with Crippen LogP contribution in [0.3, 0.4) is 0 Å². The molecular weight excluding hydrogens is 88.1 g/mol. The van der Waals surface area contributed by atoms with Crippen LogP contribution in [-0.2, 0) is 0 Å². The van der Waals surface area contributed by atoms with Gasteiger partial charge in [0.05, 0.1) is 6.04 Å². The molecule has 2 heteroatoms. The van der Waals surface area contributed by atoms with Crippen molar-refractivity contribution in [1.29, 1.82) is 0 Å².